The third kappa shape index (κ3) is 4.15. The summed E-state index contributed by atoms with van der Waals surface area (Å²) in [5.41, 5.74) is 3.82. The Hall–Kier alpha value is -2.14. The number of nitrogens with one attached hydrogen (secondary N) is 2. The predicted molar refractivity (Wildman–Crippen MR) is 108 cm³/mol. The van der Waals surface area contributed by atoms with Gasteiger partial charge >= 0.3 is 0 Å². The number of carbonyl (C=O) groups excluding carboxylic acids is 1. The lowest BCUT2D eigenvalue weighted by molar-refractivity contribution is -0.119. The van der Waals surface area contributed by atoms with Crippen molar-refractivity contribution < 1.29 is 4.79 Å². The first-order chi connectivity index (χ1) is 12.2. The first kappa shape index (κ1) is 18.6. The molecule has 1 fully saturated rings. The van der Waals surface area contributed by atoms with E-state index in [1.165, 1.54) is 5.56 Å². The highest BCUT2D eigenvalue weighted by atomic mass is 79.9. The molecule has 136 valence electrons. The number of H-pyrrole nitrogens is 1. The van der Waals surface area contributed by atoms with Crippen LogP contribution >= 0.6 is 15.9 Å². The first-order valence-electron chi connectivity index (χ1n) is 8.75. The predicted octanol–water partition coefficient (Wildman–Crippen LogP) is 4.15. The number of amides is 1. The summed E-state index contributed by atoms with van der Waals surface area (Å²) in [6.07, 6.45) is 3.34. The Morgan fingerprint density at radius 3 is 2.35 bits per heavy atom. The van der Waals surface area contributed by atoms with Crippen LogP contribution in [-0.2, 0) is 10.2 Å². The van der Waals surface area contributed by atoms with E-state index in [9.17, 15) is 9.59 Å². The van der Waals surface area contributed by atoms with E-state index < -0.39 is 0 Å². The summed E-state index contributed by atoms with van der Waals surface area (Å²) in [7, 11) is 0. The molecular formula is C21H23BrN2O2. The number of hydrogen-bond acceptors (Lipinski definition) is 2. The van der Waals surface area contributed by atoms with Gasteiger partial charge in [-0.25, -0.2) is 0 Å². The fraction of sp³-hybridized carbons (Fsp3) is 0.333. The number of aromatic amines is 1. The van der Waals surface area contributed by atoms with E-state index >= 15 is 0 Å². The van der Waals surface area contributed by atoms with Crippen LogP contribution < -0.4 is 10.9 Å². The Balaban J connectivity index is 2.05. The van der Waals surface area contributed by atoms with E-state index in [4.69, 9.17) is 0 Å². The van der Waals surface area contributed by atoms with Gasteiger partial charge in [0.25, 0.3) is 5.56 Å². The van der Waals surface area contributed by atoms with Gasteiger partial charge in [-0.2, -0.15) is 0 Å². The molecule has 2 N–H and O–H groups in total. The van der Waals surface area contributed by atoms with Crippen LogP contribution in [-0.4, -0.2) is 16.9 Å². The van der Waals surface area contributed by atoms with Gasteiger partial charge < -0.3 is 10.3 Å². The highest BCUT2D eigenvalue weighted by Gasteiger charge is 2.21. The molecule has 0 spiro atoms. The molecular weight excluding hydrogens is 392 g/mol. The van der Waals surface area contributed by atoms with Crippen molar-refractivity contribution in [3.63, 3.8) is 0 Å². The number of pyridine rings is 1. The van der Waals surface area contributed by atoms with Crippen molar-refractivity contribution in [2.75, 3.05) is 0 Å². The molecule has 1 amide bonds. The monoisotopic (exact) mass is 414 g/mol. The van der Waals surface area contributed by atoms with Gasteiger partial charge in [0.2, 0.25) is 5.91 Å². The van der Waals surface area contributed by atoms with Gasteiger partial charge in [-0.15, -0.1) is 0 Å². The third-order valence-electron chi connectivity index (χ3n) is 4.61. The van der Waals surface area contributed by atoms with Crippen LogP contribution in [0.4, 0.5) is 0 Å². The standard InChI is InChI=1S/C21H23BrN2O2/c1-21(2,3)14-6-4-13(5-7-14)16(12-15-8-11-19(25)23-15)18-10-9-17(22)20(26)24-18/h4-7,9-10,12,15H,8,11H2,1-3H3,(H,23,25)(H,24,26)/b16-12-/t15-/m1/s1. The molecule has 0 unspecified atom stereocenters. The molecule has 1 aliphatic rings. The fourth-order valence-corrected chi connectivity index (χ4v) is 3.30. The van der Waals surface area contributed by atoms with Crippen molar-refractivity contribution >= 4 is 27.4 Å². The molecule has 2 aromatic rings. The SMILES string of the molecule is CC(C)(C)c1ccc(/C(=C/[C@H]2CCC(=O)N2)c2ccc(Br)c(=O)[nH]2)cc1. The van der Waals surface area contributed by atoms with Crippen LogP contribution in [0.1, 0.15) is 50.4 Å². The Morgan fingerprint density at radius 1 is 1.12 bits per heavy atom. The van der Waals surface area contributed by atoms with E-state index in [2.05, 4.69) is 71.3 Å². The lowest BCUT2D eigenvalue weighted by Crippen LogP contribution is -2.23. The summed E-state index contributed by atoms with van der Waals surface area (Å²) in [6.45, 7) is 6.54. The maximum atomic E-state index is 12.1. The summed E-state index contributed by atoms with van der Waals surface area (Å²) >= 11 is 3.24. The van der Waals surface area contributed by atoms with Crippen molar-refractivity contribution in [1.29, 1.82) is 0 Å². The second-order valence-corrected chi connectivity index (χ2v) is 8.52. The van der Waals surface area contributed by atoms with Crippen molar-refractivity contribution in [1.82, 2.24) is 10.3 Å². The Morgan fingerprint density at radius 2 is 1.81 bits per heavy atom. The molecule has 1 aliphatic heterocycles. The van der Waals surface area contributed by atoms with Crippen LogP contribution in [0.3, 0.4) is 0 Å². The van der Waals surface area contributed by atoms with Gasteiger partial charge in [0.05, 0.1) is 4.47 Å². The van der Waals surface area contributed by atoms with Crippen LogP contribution in [0, 0.1) is 0 Å². The average Bonchev–Trinajstić information content (AvgIpc) is 3.00. The van der Waals surface area contributed by atoms with Gasteiger partial charge in [0.1, 0.15) is 0 Å². The summed E-state index contributed by atoms with van der Waals surface area (Å²) in [5, 5.41) is 2.97. The quantitative estimate of drug-likeness (QED) is 0.792. The zero-order valence-electron chi connectivity index (χ0n) is 15.2. The van der Waals surface area contributed by atoms with E-state index in [0.717, 1.165) is 23.3 Å². The minimum atomic E-state index is -0.171. The van der Waals surface area contributed by atoms with Crippen molar-refractivity contribution in [3.05, 3.63) is 74.1 Å². The van der Waals surface area contributed by atoms with Gasteiger partial charge in [-0.1, -0.05) is 51.1 Å². The third-order valence-corrected chi connectivity index (χ3v) is 5.23. The molecule has 3 rings (SSSR count). The summed E-state index contributed by atoms with van der Waals surface area (Å²) in [5.74, 6) is 0.0676. The van der Waals surface area contributed by atoms with E-state index in [0.29, 0.717) is 10.9 Å². The molecule has 26 heavy (non-hydrogen) atoms. The van der Waals surface area contributed by atoms with Crippen molar-refractivity contribution in [2.45, 2.75) is 45.1 Å². The van der Waals surface area contributed by atoms with Gasteiger partial charge in [0.15, 0.2) is 0 Å². The lowest BCUT2D eigenvalue weighted by Gasteiger charge is -2.20. The number of carbonyl (C=O) groups is 1. The largest absolute Gasteiger partial charge is 0.350 e. The minimum absolute atomic E-state index is 0.0214. The molecule has 4 nitrogen and oxygen atoms in total. The van der Waals surface area contributed by atoms with Gasteiger partial charge in [0, 0.05) is 23.7 Å². The Bertz CT molecular complexity index is 905. The summed E-state index contributed by atoms with van der Waals surface area (Å²) in [6, 6.07) is 12.0. The first-order valence-corrected chi connectivity index (χ1v) is 9.54. The van der Waals surface area contributed by atoms with Crippen LogP contribution in [0.25, 0.3) is 5.57 Å². The molecule has 0 radical (unpaired) electrons. The minimum Gasteiger partial charge on any atom is -0.350 e. The topological polar surface area (TPSA) is 62.0 Å². The molecule has 0 aliphatic carbocycles. The van der Waals surface area contributed by atoms with E-state index in [1.807, 2.05) is 12.1 Å². The highest BCUT2D eigenvalue weighted by Crippen LogP contribution is 2.28. The molecule has 2 heterocycles. The molecule has 5 heteroatoms. The fourth-order valence-electron chi connectivity index (χ4n) is 3.07. The number of rotatable bonds is 3. The number of aromatic nitrogens is 1. The smallest absolute Gasteiger partial charge is 0.262 e. The van der Waals surface area contributed by atoms with Crippen molar-refractivity contribution in [2.24, 2.45) is 0 Å². The highest BCUT2D eigenvalue weighted by molar-refractivity contribution is 9.10. The van der Waals surface area contributed by atoms with Crippen molar-refractivity contribution in [3.8, 4) is 0 Å². The summed E-state index contributed by atoms with van der Waals surface area (Å²) in [4.78, 5) is 26.5. The van der Waals surface area contributed by atoms with Crippen LogP contribution in [0.2, 0.25) is 0 Å². The van der Waals surface area contributed by atoms with E-state index in [1.54, 1.807) is 6.07 Å². The maximum absolute atomic E-state index is 12.1. The van der Waals surface area contributed by atoms with Crippen LogP contribution in [0.15, 0.2) is 51.7 Å². The molecule has 1 saturated heterocycles. The second kappa shape index (κ2) is 7.23. The number of hydrogen-bond donors (Lipinski definition) is 2. The maximum Gasteiger partial charge on any atom is 0.262 e. The van der Waals surface area contributed by atoms with Gasteiger partial charge in [-0.05, 0) is 51.0 Å². The Labute approximate surface area is 161 Å². The zero-order valence-corrected chi connectivity index (χ0v) is 16.8. The number of halogens is 1. The number of benzene rings is 1. The molecule has 1 atom stereocenters. The molecule has 1 aromatic carbocycles. The summed E-state index contributed by atoms with van der Waals surface area (Å²) < 4.78 is 0.498. The van der Waals surface area contributed by atoms with Crippen LogP contribution in [0.5, 0.6) is 0 Å². The molecule has 0 saturated carbocycles. The molecule has 1 aromatic heterocycles. The molecule has 0 bridgehead atoms. The van der Waals surface area contributed by atoms with E-state index in [-0.39, 0.29) is 22.9 Å². The second-order valence-electron chi connectivity index (χ2n) is 7.67. The normalized spacial score (nSPS) is 18.1. The Kier molecular flexibility index (Phi) is 5.19. The lowest BCUT2D eigenvalue weighted by atomic mass is 9.86. The average molecular weight is 415 g/mol. The van der Waals surface area contributed by atoms with Gasteiger partial charge in [-0.3, -0.25) is 9.59 Å². The zero-order chi connectivity index (χ0) is 18.9.